The molecule has 1 atom stereocenters. The number of hydrogen-bond acceptors (Lipinski definition) is 5. The maximum Gasteiger partial charge on any atom is 0.262 e. The van der Waals surface area contributed by atoms with Crippen LogP contribution in [-0.4, -0.2) is 37.8 Å². The van der Waals surface area contributed by atoms with Gasteiger partial charge in [0.25, 0.3) is 11.8 Å². The summed E-state index contributed by atoms with van der Waals surface area (Å²) in [6, 6.07) is 8.78. The number of rotatable bonds is 9. The summed E-state index contributed by atoms with van der Waals surface area (Å²) < 4.78 is 10.7. The lowest BCUT2D eigenvalue weighted by atomic mass is 10.0. The number of nitrogens with one attached hydrogen (secondary N) is 2. The van der Waals surface area contributed by atoms with E-state index in [2.05, 4.69) is 21.8 Å². The molecule has 0 spiro atoms. The smallest absolute Gasteiger partial charge is 0.262 e. The molecule has 0 heterocycles. The number of amides is 2. The van der Waals surface area contributed by atoms with Crippen LogP contribution >= 0.6 is 23.2 Å². The first kappa shape index (κ1) is 25.1. The van der Waals surface area contributed by atoms with Gasteiger partial charge in [-0.2, -0.15) is 5.10 Å². The van der Waals surface area contributed by atoms with Crippen LogP contribution in [0, 0.1) is 18.3 Å². The Morgan fingerprint density at radius 2 is 1.91 bits per heavy atom. The number of carbonyl (C=O) groups is 2. The molecule has 2 rings (SSSR count). The molecule has 0 aliphatic heterocycles. The summed E-state index contributed by atoms with van der Waals surface area (Å²) in [6.45, 7) is 3.73. The van der Waals surface area contributed by atoms with E-state index in [-0.39, 0.29) is 17.5 Å². The number of carbonyl (C=O) groups excluding carboxylic acids is 2. The van der Waals surface area contributed by atoms with Crippen molar-refractivity contribution < 1.29 is 19.1 Å². The molecule has 0 radical (unpaired) electrons. The average molecular weight is 476 g/mol. The molecule has 2 aromatic rings. The fourth-order valence-corrected chi connectivity index (χ4v) is 2.94. The van der Waals surface area contributed by atoms with Crippen molar-refractivity contribution in [1.82, 2.24) is 10.7 Å². The predicted molar refractivity (Wildman–Crippen MR) is 126 cm³/mol. The van der Waals surface area contributed by atoms with Crippen molar-refractivity contribution in [3.05, 3.63) is 57.6 Å². The molecule has 1 unspecified atom stereocenters. The molecule has 0 bridgehead atoms. The van der Waals surface area contributed by atoms with Crippen molar-refractivity contribution in [2.24, 2.45) is 11.0 Å². The zero-order valence-corrected chi connectivity index (χ0v) is 19.3. The van der Waals surface area contributed by atoms with Gasteiger partial charge in [-0.3, -0.25) is 9.59 Å². The Labute approximate surface area is 197 Å². The van der Waals surface area contributed by atoms with Gasteiger partial charge < -0.3 is 14.8 Å². The molecule has 2 N–H and O–H groups in total. The molecular formula is C23H23Cl2N3O4. The van der Waals surface area contributed by atoms with Crippen LogP contribution in [0.4, 0.5) is 0 Å². The van der Waals surface area contributed by atoms with Crippen LogP contribution in [-0.2, 0) is 4.79 Å². The molecule has 168 valence electrons. The number of benzene rings is 2. The van der Waals surface area contributed by atoms with E-state index < -0.39 is 17.9 Å². The SMILES string of the molecule is C#CCOc1ccc(/C=N\NC(=O)C(NC(=O)c2ccc(Cl)c(Cl)c2)C(C)C)cc1OC. The predicted octanol–water partition coefficient (Wildman–Crippen LogP) is 3.92. The maximum atomic E-state index is 12.6. The Morgan fingerprint density at radius 1 is 1.16 bits per heavy atom. The van der Waals surface area contributed by atoms with Crippen LogP contribution in [0.15, 0.2) is 41.5 Å². The molecule has 0 saturated carbocycles. The number of ether oxygens (including phenoxy) is 2. The Bertz CT molecular complexity index is 1050. The van der Waals surface area contributed by atoms with Crippen LogP contribution in [0.5, 0.6) is 11.5 Å². The van der Waals surface area contributed by atoms with Gasteiger partial charge in [0, 0.05) is 5.56 Å². The lowest BCUT2D eigenvalue weighted by molar-refractivity contribution is -0.123. The summed E-state index contributed by atoms with van der Waals surface area (Å²) in [6.07, 6.45) is 6.65. The fourth-order valence-electron chi connectivity index (χ4n) is 2.64. The van der Waals surface area contributed by atoms with Crippen molar-refractivity contribution in [2.75, 3.05) is 13.7 Å². The third-order valence-electron chi connectivity index (χ3n) is 4.30. The summed E-state index contributed by atoms with van der Waals surface area (Å²) in [7, 11) is 1.50. The van der Waals surface area contributed by atoms with Gasteiger partial charge in [-0.25, -0.2) is 5.43 Å². The molecule has 0 aliphatic rings. The van der Waals surface area contributed by atoms with Crippen molar-refractivity contribution in [3.63, 3.8) is 0 Å². The van der Waals surface area contributed by atoms with E-state index in [0.717, 1.165) is 0 Å². The van der Waals surface area contributed by atoms with E-state index in [1.807, 2.05) is 13.8 Å². The summed E-state index contributed by atoms with van der Waals surface area (Å²) in [4.78, 5) is 25.1. The van der Waals surface area contributed by atoms with E-state index in [0.29, 0.717) is 27.6 Å². The average Bonchev–Trinajstić information content (AvgIpc) is 2.77. The van der Waals surface area contributed by atoms with Crippen LogP contribution in [0.25, 0.3) is 0 Å². The highest BCUT2D eigenvalue weighted by Gasteiger charge is 2.24. The van der Waals surface area contributed by atoms with Crippen LogP contribution in [0.3, 0.4) is 0 Å². The molecule has 0 saturated heterocycles. The minimum atomic E-state index is -0.817. The van der Waals surface area contributed by atoms with E-state index in [4.69, 9.17) is 39.1 Å². The van der Waals surface area contributed by atoms with Crippen molar-refractivity contribution in [3.8, 4) is 23.8 Å². The molecule has 0 fully saturated rings. The second-order valence-electron chi connectivity index (χ2n) is 6.96. The topological polar surface area (TPSA) is 89.0 Å². The molecule has 2 aromatic carbocycles. The second kappa shape index (κ2) is 12.0. The van der Waals surface area contributed by atoms with Gasteiger partial charge in [0.05, 0.1) is 23.4 Å². The van der Waals surface area contributed by atoms with Crippen molar-refractivity contribution in [1.29, 1.82) is 0 Å². The third-order valence-corrected chi connectivity index (χ3v) is 5.04. The summed E-state index contributed by atoms with van der Waals surface area (Å²) in [5.74, 6) is 2.25. The molecular weight excluding hydrogens is 453 g/mol. The van der Waals surface area contributed by atoms with Gasteiger partial charge in [-0.05, 0) is 47.9 Å². The number of methoxy groups -OCH3 is 1. The maximum absolute atomic E-state index is 12.6. The van der Waals surface area contributed by atoms with Crippen LogP contribution < -0.4 is 20.2 Å². The zero-order chi connectivity index (χ0) is 23.7. The molecule has 2 amide bonds. The normalized spacial score (nSPS) is 11.7. The van der Waals surface area contributed by atoms with Gasteiger partial charge >= 0.3 is 0 Å². The highest BCUT2D eigenvalue weighted by molar-refractivity contribution is 6.42. The zero-order valence-electron chi connectivity index (χ0n) is 17.8. The van der Waals surface area contributed by atoms with Gasteiger partial charge in [-0.1, -0.05) is 43.0 Å². The number of nitrogens with zero attached hydrogens (tertiary/aromatic N) is 1. The largest absolute Gasteiger partial charge is 0.493 e. The first-order valence-corrected chi connectivity index (χ1v) is 10.4. The minimum absolute atomic E-state index is 0.115. The monoisotopic (exact) mass is 475 g/mol. The number of hydrogen-bond donors (Lipinski definition) is 2. The summed E-state index contributed by atoms with van der Waals surface area (Å²) >= 11 is 11.9. The van der Waals surface area contributed by atoms with Crippen molar-refractivity contribution >= 4 is 41.2 Å². The first-order chi connectivity index (χ1) is 15.3. The van der Waals surface area contributed by atoms with Crippen LogP contribution in [0.2, 0.25) is 10.0 Å². The fraction of sp³-hybridized carbons (Fsp3) is 0.261. The van der Waals surface area contributed by atoms with E-state index in [1.54, 1.807) is 18.2 Å². The minimum Gasteiger partial charge on any atom is -0.493 e. The third kappa shape index (κ3) is 6.91. The molecule has 9 heteroatoms. The number of halogens is 2. The van der Waals surface area contributed by atoms with E-state index in [9.17, 15) is 9.59 Å². The second-order valence-corrected chi connectivity index (χ2v) is 7.78. The Hall–Kier alpha value is -3.21. The summed E-state index contributed by atoms with van der Waals surface area (Å²) in [5, 5.41) is 7.26. The highest BCUT2D eigenvalue weighted by atomic mass is 35.5. The van der Waals surface area contributed by atoms with Gasteiger partial charge in [-0.15, -0.1) is 6.42 Å². The molecule has 0 aliphatic carbocycles. The van der Waals surface area contributed by atoms with E-state index >= 15 is 0 Å². The quantitative estimate of drug-likeness (QED) is 0.326. The van der Waals surface area contributed by atoms with Gasteiger partial charge in [0.2, 0.25) is 0 Å². The standard InChI is InChI=1S/C23H23Cl2N3O4/c1-5-10-32-19-9-6-15(11-20(19)31-4)13-26-28-23(30)21(14(2)3)27-22(29)16-7-8-17(24)18(25)12-16/h1,6-9,11-14,21H,10H2,2-4H3,(H,27,29)(H,28,30)/b26-13-. The Morgan fingerprint density at radius 3 is 2.53 bits per heavy atom. The first-order valence-electron chi connectivity index (χ1n) is 9.60. The lowest BCUT2D eigenvalue weighted by Crippen LogP contribution is -2.48. The number of hydrazone groups is 1. The molecule has 7 nitrogen and oxygen atoms in total. The van der Waals surface area contributed by atoms with Crippen molar-refractivity contribution in [2.45, 2.75) is 19.9 Å². The van der Waals surface area contributed by atoms with Gasteiger partial charge in [0.15, 0.2) is 11.5 Å². The van der Waals surface area contributed by atoms with Gasteiger partial charge in [0.1, 0.15) is 12.6 Å². The molecule has 32 heavy (non-hydrogen) atoms. The number of terminal acetylenes is 1. The summed E-state index contributed by atoms with van der Waals surface area (Å²) in [5.41, 5.74) is 3.40. The van der Waals surface area contributed by atoms with Crippen LogP contribution in [0.1, 0.15) is 29.8 Å². The highest BCUT2D eigenvalue weighted by Crippen LogP contribution is 2.27. The Balaban J connectivity index is 2.05. The Kier molecular flexibility index (Phi) is 9.39. The van der Waals surface area contributed by atoms with E-state index in [1.165, 1.54) is 31.5 Å². The molecule has 0 aromatic heterocycles. The lowest BCUT2D eigenvalue weighted by Gasteiger charge is -2.20.